The molecule has 2 aromatic heterocycles. The Labute approximate surface area is 147 Å². The van der Waals surface area contributed by atoms with Crippen LogP contribution in [0.5, 0.6) is 5.75 Å². The molecule has 0 unspecified atom stereocenters. The summed E-state index contributed by atoms with van der Waals surface area (Å²) in [4.78, 5) is 28.0. The number of anilines is 1. The summed E-state index contributed by atoms with van der Waals surface area (Å²) in [5, 5.41) is 9.15. The van der Waals surface area contributed by atoms with E-state index >= 15 is 0 Å². The van der Waals surface area contributed by atoms with Gasteiger partial charge in [0, 0.05) is 23.2 Å². The number of aromatic nitrogens is 3. The van der Waals surface area contributed by atoms with Gasteiger partial charge in [0.05, 0.1) is 12.3 Å². The molecule has 0 atom stereocenters. The zero-order valence-electron chi connectivity index (χ0n) is 13.5. The van der Waals surface area contributed by atoms with Gasteiger partial charge in [0.1, 0.15) is 12.3 Å². The van der Waals surface area contributed by atoms with Crippen LogP contribution in [0.25, 0.3) is 11.3 Å². The Kier molecular flexibility index (Phi) is 5.20. The molecule has 0 radical (unpaired) electrons. The summed E-state index contributed by atoms with van der Waals surface area (Å²) in [7, 11) is 0. The molecule has 0 bridgehead atoms. The fourth-order valence-electron chi connectivity index (χ4n) is 2.18. The van der Waals surface area contributed by atoms with Crippen molar-refractivity contribution in [1.82, 2.24) is 14.8 Å². The molecule has 0 spiro atoms. The third-order valence-electron chi connectivity index (χ3n) is 3.30. The van der Waals surface area contributed by atoms with E-state index in [0.717, 1.165) is 16.0 Å². The third kappa shape index (κ3) is 4.30. The lowest BCUT2D eigenvalue weighted by Crippen LogP contribution is -2.29. The Balaban J connectivity index is 1.78. The minimum absolute atomic E-state index is 0.177. The van der Waals surface area contributed by atoms with E-state index in [1.165, 1.54) is 17.4 Å². The minimum Gasteiger partial charge on any atom is -0.494 e. The molecule has 0 fully saturated rings. The highest BCUT2D eigenvalue weighted by Crippen LogP contribution is 2.19. The maximum atomic E-state index is 12.0. The Morgan fingerprint density at radius 3 is 2.72 bits per heavy atom. The Morgan fingerprint density at radius 1 is 1.24 bits per heavy atom. The number of hydrogen-bond acceptors (Lipinski definition) is 6. The SMILES string of the molecule is CCOc1ccc(-c2ccc(=O)n(CC(=O)Nc3nccs3)n2)cc1. The Hall–Kier alpha value is -3.00. The van der Waals surface area contributed by atoms with Gasteiger partial charge < -0.3 is 10.1 Å². The van der Waals surface area contributed by atoms with E-state index in [1.54, 1.807) is 17.6 Å². The van der Waals surface area contributed by atoms with Crippen molar-refractivity contribution in [2.45, 2.75) is 13.5 Å². The topological polar surface area (TPSA) is 86.1 Å². The first-order valence-electron chi connectivity index (χ1n) is 7.66. The largest absolute Gasteiger partial charge is 0.494 e. The summed E-state index contributed by atoms with van der Waals surface area (Å²) in [6.45, 7) is 2.34. The molecule has 3 aromatic rings. The number of carbonyl (C=O) groups is 1. The van der Waals surface area contributed by atoms with Crippen molar-refractivity contribution in [2.75, 3.05) is 11.9 Å². The standard InChI is InChI=1S/C17H16N4O3S/c1-2-24-13-5-3-12(4-6-13)14-7-8-16(23)21(20-14)11-15(22)19-17-18-9-10-25-17/h3-10H,2,11H2,1H3,(H,18,19,22). The summed E-state index contributed by atoms with van der Waals surface area (Å²) < 4.78 is 6.54. The normalized spacial score (nSPS) is 10.4. The van der Waals surface area contributed by atoms with Crippen molar-refractivity contribution in [1.29, 1.82) is 0 Å². The molecule has 2 heterocycles. The molecule has 0 saturated carbocycles. The predicted octanol–water partition coefficient (Wildman–Crippen LogP) is 2.40. The van der Waals surface area contributed by atoms with Crippen molar-refractivity contribution in [3.63, 3.8) is 0 Å². The van der Waals surface area contributed by atoms with E-state index in [9.17, 15) is 9.59 Å². The van der Waals surface area contributed by atoms with Crippen molar-refractivity contribution in [3.05, 3.63) is 58.3 Å². The number of nitrogens with one attached hydrogen (secondary N) is 1. The molecule has 0 saturated heterocycles. The van der Waals surface area contributed by atoms with Gasteiger partial charge in [0.15, 0.2) is 5.13 Å². The van der Waals surface area contributed by atoms with Gasteiger partial charge in [-0.2, -0.15) is 5.10 Å². The van der Waals surface area contributed by atoms with E-state index in [2.05, 4.69) is 15.4 Å². The average Bonchev–Trinajstić information content (AvgIpc) is 3.11. The Morgan fingerprint density at radius 2 is 2.04 bits per heavy atom. The minimum atomic E-state index is -0.353. The first kappa shape index (κ1) is 16.8. The third-order valence-corrected chi connectivity index (χ3v) is 3.99. The van der Waals surface area contributed by atoms with Crippen LogP contribution in [0.3, 0.4) is 0 Å². The molecule has 8 heteroatoms. The van der Waals surface area contributed by atoms with Crippen LogP contribution in [0, 0.1) is 0 Å². The van der Waals surface area contributed by atoms with Crippen LogP contribution in [0.2, 0.25) is 0 Å². The van der Waals surface area contributed by atoms with Crippen LogP contribution in [-0.2, 0) is 11.3 Å². The van der Waals surface area contributed by atoms with Crippen LogP contribution in [0.15, 0.2) is 52.8 Å². The average molecular weight is 356 g/mol. The molecule has 3 rings (SSSR count). The fraction of sp³-hybridized carbons (Fsp3) is 0.176. The van der Waals surface area contributed by atoms with Gasteiger partial charge in [-0.3, -0.25) is 9.59 Å². The summed E-state index contributed by atoms with van der Waals surface area (Å²) in [6.07, 6.45) is 1.59. The second kappa shape index (κ2) is 7.71. The molecular formula is C17H16N4O3S. The molecule has 25 heavy (non-hydrogen) atoms. The van der Waals surface area contributed by atoms with Gasteiger partial charge in [-0.05, 0) is 37.3 Å². The lowest BCUT2D eigenvalue weighted by Gasteiger charge is -2.08. The molecule has 1 aromatic carbocycles. The lowest BCUT2D eigenvalue weighted by molar-refractivity contribution is -0.117. The highest BCUT2D eigenvalue weighted by atomic mass is 32.1. The van der Waals surface area contributed by atoms with Gasteiger partial charge in [-0.25, -0.2) is 9.67 Å². The molecule has 128 valence electrons. The number of benzene rings is 1. The van der Waals surface area contributed by atoms with Crippen molar-refractivity contribution >= 4 is 22.4 Å². The second-order valence-corrected chi connectivity index (χ2v) is 5.95. The zero-order chi connectivity index (χ0) is 17.6. The highest BCUT2D eigenvalue weighted by Gasteiger charge is 2.09. The van der Waals surface area contributed by atoms with E-state index in [0.29, 0.717) is 17.4 Å². The molecule has 1 N–H and O–H groups in total. The highest BCUT2D eigenvalue weighted by molar-refractivity contribution is 7.13. The number of thiazole rings is 1. The first-order valence-corrected chi connectivity index (χ1v) is 8.54. The van der Waals surface area contributed by atoms with Gasteiger partial charge in [0.25, 0.3) is 5.56 Å². The van der Waals surface area contributed by atoms with Gasteiger partial charge in [0.2, 0.25) is 5.91 Å². The molecule has 1 amide bonds. The van der Waals surface area contributed by atoms with Crippen LogP contribution >= 0.6 is 11.3 Å². The van der Waals surface area contributed by atoms with Crippen LogP contribution < -0.4 is 15.6 Å². The Bertz CT molecular complexity index is 904. The van der Waals surface area contributed by atoms with Gasteiger partial charge in [-0.15, -0.1) is 11.3 Å². The predicted molar refractivity (Wildman–Crippen MR) is 95.8 cm³/mol. The quantitative estimate of drug-likeness (QED) is 0.733. The number of hydrogen-bond donors (Lipinski definition) is 1. The summed E-state index contributed by atoms with van der Waals surface area (Å²) in [6, 6.07) is 10.4. The van der Waals surface area contributed by atoms with E-state index < -0.39 is 0 Å². The number of nitrogens with zero attached hydrogens (tertiary/aromatic N) is 3. The second-order valence-electron chi connectivity index (χ2n) is 5.06. The van der Waals surface area contributed by atoms with Crippen molar-refractivity contribution < 1.29 is 9.53 Å². The maximum Gasteiger partial charge on any atom is 0.267 e. The maximum absolute atomic E-state index is 12.0. The summed E-state index contributed by atoms with van der Waals surface area (Å²) >= 11 is 1.31. The first-order chi connectivity index (χ1) is 12.2. The zero-order valence-corrected chi connectivity index (χ0v) is 14.3. The molecule has 0 aliphatic heterocycles. The summed E-state index contributed by atoms with van der Waals surface area (Å²) in [5.74, 6) is 0.413. The van der Waals surface area contributed by atoms with E-state index in [1.807, 2.05) is 31.2 Å². The molecule has 0 aliphatic carbocycles. The van der Waals surface area contributed by atoms with Crippen LogP contribution in [0.4, 0.5) is 5.13 Å². The number of rotatable bonds is 6. The van der Waals surface area contributed by atoms with Crippen molar-refractivity contribution in [3.8, 4) is 17.0 Å². The molecule has 7 nitrogen and oxygen atoms in total. The van der Waals surface area contributed by atoms with Crippen molar-refractivity contribution in [2.24, 2.45) is 0 Å². The van der Waals surface area contributed by atoms with Gasteiger partial charge >= 0.3 is 0 Å². The lowest BCUT2D eigenvalue weighted by atomic mass is 10.1. The van der Waals surface area contributed by atoms with Crippen LogP contribution in [-0.4, -0.2) is 27.3 Å². The monoisotopic (exact) mass is 356 g/mol. The number of ether oxygens (including phenoxy) is 1. The fourth-order valence-corrected chi connectivity index (χ4v) is 2.73. The molecule has 0 aliphatic rings. The van der Waals surface area contributed by atoms with Gasteiger partial charge in [-0.1, -0.05) is 0 Å². The van der Waals surface area contributed by atoms with E-state index in [4.69, 9.17) is 4.74 Å². The summed E-state index contributed by atoms with van der Waals surface area (Å²) in [5.41, 5.74) is 1.09. The number of carbonyl (C=O) groups excluding carboxylic acids is 1. The number of amides is 1. The van der Waals surface area contributed by atoms with Crippen LogP contribution in [0.1, 0.15) is 6.92 Å². The van der Waals surface area contributed by atoms with E-state index in [-0.39, 0.29) is 18.0 Å². The molecular weight excluding hydrogens is 340 g/mol. The smallest absolute Gasteiger partial charge is 0.267 e.